The van der Waals surface area contributed by atoms with E-state index in [0.29, 0.717) is 12.8 Å². The first kappa shape index (κ1) is 29.9. The zero-order chi connectivity index (χ0) is 25.0. The van der Waals surface area contributed by atoms with E-state index >= 15 is 0 Å². The Morgan fingerprint density at radius 3 is 2.38 bits per heavy atom. The number of fused-ring (bicyclic) bond motifs is 3. The van der Waals surface area contributed by atoms with Crippen molar-refractivity contribution in [2.75, 3.05) is 0 Å². The molecule has 0 aromatic heterocycles. The van der Waals surface area contributed by atoms with Crippen LogP contribution in [0.5, 0.6) is 0 Å². The van der Waals surface area contributed by atoms with Crippen molar-refractivity contribution in [3.8, 4) is 0 Å². The van der Waals surface area contributed by atoms with Crippen molar-refractivity contribution in [1.82, 2.24) is 0 Å². The zero-order valence-corrected chi connectivity index (χ0v) is 20.8. The third-order valence-corrected chi connectivity index (χ3v) is 6.11. The molecule has 2 aliphatic rings. The molecule has 194 valence electrons. The summed E-state index contributed by atoms with van der Waals surface area (Å²) in [4.78, 5) is 34.6. The summed E-state index contributed by atoms with van der Waals surface area (Å²) in [5.74, 6) is -2.51. The van der Waals surface area contributed by atoms with Gasteiger partial charge in [0.05, 0.1) is 12.4 Å². The Labute approximate surface area is 204 Å². The van der Waals surface area contributed by atoms with Crippen LogP contribution in [0.2, 0.25) is 0 Å². The number of aliphatic hydroxyl groups excluding tert-OH is 1. The summed E-state index contributed by atoms with van der Waals surface area (Å²) in [5.41, 5.74) is 0. The van der Waals surface area contributed by atoms with Crippen LogP contribution in [0.15, 0.2) is 24.5 Å². The molecule has 3 unspecified atom stereocenters. The number of unbranched alkanes of at least 4 members (excludes halogenated alkanes) is 2. The highest BCUT2D eigenvalue weighted by atomic mass is 16.6. The number of carboxylic acid groups (broad SMARTS) is 1. The van der Waals surface area contributed by atoms with E-state index in [1.54, 1.807) is 6.08 Å². The molecular formula is C27H44O7. The molecule has 1 fully saturated rings. The molecule has 7 heteroatoms. The van der Waals surface area contributed by atoms with Gasteiger partial charge < -0.3 is 19.7 Å². The first-order valence-electron chi connectivity index (χ1n) is 13.1. The summed E-state index contributed by atoms with van der Waals surface area (Å²) in [6, 6.07) is 0. The normalized spacial score (nSPS) is 24.9. The quantitative estimate of drug-likeness (QED) is 0.267. The summed E-state index contributed by atoms with van der Waals surface area (Å²) in [5, 5.41) is 17.6. The predicted molar refractivity (Wildman–Crippen MR) is 131 cm³/mol. The van der Waals surface area contributed by atoms with Gasteiger partial charge in [0.25, 0.3) is 0 Å². The largest absolute Gasteiger partial charge is 0.481 e. The van der Waals surface area contributed by atoms with Crippen molar-refractivity contribution in [2.24, 2.45) is 5.92 Å². The SMILES string of the molecule is CCCCCC(O)CCC(=O)O.O=C1O/C=C\C=C\CCCCC2CCCCCCC1C(=O)O2. The number of aliphatic hydroxyl groups is 1. The van der Waals surface area contributed by atoms with Crippen molar-refractivity contribution in [1.29, 1.82) is 0 Å². The van der Waals surface area contributed by atoms with Crippen LogP contribution in [-0.4, -0.2) is 40.3 Å². The van der Waals surface area contributed by atoms with Crippen LogP contribution in [0.3, 0.4) is 0 Å². The highest BCUT2D eigenvalue weighted by Gasteiger charge is 2.31. The monoisotopic (exact) mass is 480 g/mol. The Hall–Kier alpha value is -2.15. The molecule has 2 rings (SSSR count). The van der Waals surface area contributed by atoms with Crippen LogP contribution in [0.4, 0.5) is 0 Å². The average Bonchev–Trinajstić information content (AvgIpc) is 2.80. The number of aliphatic carboxylic acids is 1. The molecule has 2 bridgehead atoms. The van der Waals surface area contributed by atoms with Gasteiger partial charge in [-0.1, -0.05) is 57.6 Å². The zero-order valence-electron chi connectivity index (χ0n) is 20.8. The third-order valence-electron chi connectivity index (χ3n) is 6.11. The van der Waals surface area contributed by atoms with Gasteiger partial charge in [0.2, 0.25) is 0 Å². The van der Waals surface area contributed by atoms with Crippen molar-refractivity contribution in [3.05, 3.63) is 24.5 Å². The smallest absolute Gasteiger partial charge is 0.325 e. The lowest BCUT2D eigenvalue weighted by atomic mass is 9.97. The molecule has 2 heterocycles. The summed E-state index contributed by atoms with van der Waals surface area (Å²) in [7, 11) is 0. The first-order chi connectivity index (χ1) is 16.4. The van der Waals surface area contributed by atoms with E-state index < -0.39 is 29.9 Å². The van der Waals surface area contributed by atoms with Crippen LogP contribution >= 0.6 is 0 Å². The molecule has 34 heavy (non-hydrogen) atoms. The Kier molecular flexibility index (Phi) is 16.9. The maximum absolute atomic E-state index is 12.3. The number of ether oxygens (including phenoxy) is 2. The molecule has 2 aliphatic heterocycles. The number of allylic oxidation sites excluding steroid dienone is 3. The Morgan fingerprint density at radius 1 is 0.971 bits per heavy atom. The third kappa shape index (κ3) is 14.9. The summed E-state index contributed by atoms with van der Waals surface area (Å²) in [6.45, 7) is 2.10. The number of hydrogen-bond acceptors (Lipinski definition) is 6. The van der Waals surface area contributed by atoms with Crippen LogP contribution in [-0.2, 0) is 23.9 Å². The number of esters is 2. The molecule has 0 aliphatic carbocycles. The highest BCUT2D eigenvalue weighted by Crippen LogP contribution is 2.23. The number of carboxylic acids is 1. The molecule has 2 N–H and O–H groups in total. The van der Waals surface area contributed by atoms with Gasteiger partial charge in [-0.05, 0) is 63.9 Å². The minimum Gasteiger partial charge on any atom is -0.481 e. The number of rotatable bonds is 7. The molecule has 0 amide bonds. The van der Waals surface area contributed by atoms with Crippen molar-refractivity contribution < 1.29 is 34.1 Å². The lowest BCUT2D eigenvalue weighted by Gasteiger charge is -2.22. The van der Waals surface area contributed by atoms with Gasteiger partial charge in [-0.2, -0.15) is 0 Å². The Bertz CT molecular complexity index is 641. The maximum Gasteiger partial charge on any atom is 0.325 e. The van der Waals surface area contributed by atoms with E-state index in [-0.39, 0.29) is 12.5 Å². The van der Waals surface area contributed by atoms with Gasteiger partial charge in [-0.3, -0.25) is 14.4 Å². The van der Waals surface area contributed by atoms with Gasteiger partial charge >= 0.3 is 17.9 Å². The lowest BCUT2D eigenvalue weighted by molar-refractivity contribution is -0.164. The average molecular weight is 481 g/mol. The van der Waals surface area contributed by atoms with Crippen LogP contribution < -0.4 is 0 Å². The van der Waals surface area contributed by atoms with Gasteiger partial charge in [-0.25, -0.2) is 0 Å². The molecule has 1 saturated heterocycles. The molecule has 0 aromatic rings. The van der Waals surface area contributed by atoms with Gasteiger partial charge in [0.15, 0.2) is 5.92 Å². The molecule has 0 aromatic carbocycles. The Balaban J connectivity index is 0.000000411. The van der Waals surface area contributed by atoms with Crippen LogP contribution in [0.25, 0.3) is 0 Å². The molecule has 0 spiro atoms. The number of carbonyl (C=O) groups is 3. The number of cyclic esters (lactones) is 1. The minimum absolute atomic E-state index is 0.0524. The summed E-state index contributed by atoms with van der Waals surface area (Å²) in [6.07, 6.45) is 20.5. The van der Waals surface area contributed by atoms with E-state index in [2.05, 4.69) is 13.0 Å². The fraction of sp³-hybridized carbons (Fsp3) is 0.741. The van der Waals surface area contributed by atoms with Crippen LogP contribution in [0.1, 0.15) is 110 Å². The van der Waals surface area contributed by atoms with E-state index in [9.17, 15) is 19.5 Å². The summed E-state index contributed by atoms with van der Waals surface area (Å²) >= 11 is 0. The second-order valence-electron chi connectivity index (χ2n) is 9.16. The van der Waals surface area contributed by atoms with E-state index in [1.807, 2.05) is 6.08 Å². The van der Waals surface area contributed by atoms with E-state index in [4.69, 9.17) is 14.6 Å². The van der Waals surface area contributed by atoms with Gasteiger partial charge in [0.1, 0.15) is 6.10 Å². The second-order valence-corrected chi connectivity index (χ2v) is 9.16. The molecule has 7 nitrogen and oxygen atoms in total. The van der Waals surface area contributed by atoms with E-state index in [1.165, 1.54) is 6.26 Å². The fourth-order valence-electron chi connectivity index (χ4n) is 4.02. The standard InChI is InChI=1S/C18H26O4.C9H18O3/c19-17-16-13-9-5-4-8-12-15(22-18(16)20)11-7-3-1-2-6-10-14-21-17;1-2-3-4-5-8(10)6-7-9(11)12/h2,6,10,14-16H,1,3-5,7-9,11-13H2;8,10H,2-7H2,1H3,(H,11,12)/b6-2+,14-10-;. The summed E-state index contributed by atoms with van der Waals surface area (Å²) < 4.78 is 10.7. The molecule has 0 radical (unpaired) electrons. The van der Waals surface area contributed by atoms with Crippen molar-refractivity contribution in [3.63, 3.8) is 0 Å². The van der Waals surface area contributed by atoms with E-state index in [0.717, 1.165) is 83.5 Å². The second kappa shape index (κ2) is 19.2. The topological polar surface area (TPSA) is 110 Å². The molecule has 0 saturated carbocycles. The van der Waals surface area contributed by atoms with Crippen molar-refractivity contribution in [2.45, 2.75) is 122 Å². The molecule has 3 atom stereocenters. The van der Waals surface area contributed by atoms with Crippen LogP contribution in [0, 0.1) is 5.92 Å². The van der Waals surface area contributed by atoms with Gasteiger partial charge in [0, 0.05) is 6.42 Å². The fourth-order valence-corrected chi connectivity index (χ4v) is 4.02. The number of hydrogen-bond donors (Lipinski definition) is 2. The molecular weight excluding hydrogens is 436 g/mol. The maximum atomic E-state index is 12.3. The minimum atomic E-state index is -0.829. The lowest BCUT2D eigenvalue weighted by Crippen LogP contribution is -2.31. The predicted octanol–water partition coefficient (Wildman–Crippen LogP) is 5.85. The first-order valence-corrected chi connectivity index (χ1v) is 13.1. The number of carbonyl (C=O) groups excluding carboxylic acids is 2. The van der Waals surface area contributed by atoms with Crippen molar-refractivity contribution >= 4 is 17.9 Å². The Morgan fingerprint density at radius 2 is 1.68 bits per heavy atom. The highest BCUT2D eigenvalue weighted by molar-refractivity contribution is 5.95. The van der Waals surface area contributed by atoms with Gasteiger partial charge in [-0.15, -0.1) is 0 Å².